The summed E-state index contributed by atoms with van der Waals surface area (Å²) >= 11 is 0. The smallest absolute Gasteiger partial charge is 0.328 e. The van der Waals surface area contributed by atoms with Gasteiger partial charge in [0.15, 0.2) is 6.04 Å². The Morgan fingerprint density at radius 1 is 1.41 bits per heavy atom. The first-order valence-electron chi connectivity index (χ1n) is 4.87. The van der Waals surface area contributed by atoms with Crippen molar-refractivity contribution in [2.45, 2.75) is 6.04 Å². The van der Waals surface area contributed by atoms with Crippen molar-refractivity contribution in [1.82, 2.24) is 5.32 Å². The van der Waals surface area contributed by atoms with Gasteiger partial charge < -0.3 is 20.3 Å². The second-order valence-electron chi connectivity index (χ2n) is 3.34. The Kier molecular flexibility index (Phi) is 4.47. The minimum atomic E-state index is -1.20. The number of benzene rings is 1. The molecule has 0 fully saturated rings. The SMILES string of the molecule is COC[C@H](NC(=O)c1ccccc1O)C(=O)O. The van der Waals surface area contributed by atoms with Gasteiger partial charge in [-0.1, -0.05) is 12.1 Å². The lowest BCUT2D eigenvalue weighted by Gasteiger charge is -2.13. The highest BCUT2D eigenvalue weighted by Crippen LogP contribution is 2.15. The molecule has 6 nitrogen and oxygen atoms in total. The number of amides is 1. The molecule has 6 heteroatoms. The van der Waals surface area contributed by atoms with Gasteiger partial charge in [-0.3, -0.25) is 4.79 Å². The summed E-state index contributed by atoms with van der Waals surface area (Å²) in [5.74, 6) is -2.06. The zero-order chi connectivity index (χ0) is 12.8. The molecule has 3 N–H and O–H groups in total. The van der Waals surface area contributed by atoms with Crippen LogP contribution in [0.3, 0.4) is 0 Å². The average Bonchev–Trinajstić information content (AvgIpc) is 2.28. The fourth-order valence-corrected chi connectivity index (χ4v) is 1.24. The number of phenols is 1. The third-order valence-corrected chi connectivity index (χ3v) is 2.09. The molecular weight excluding hydrogens is 226 g/mol. The van der Waals surface area contributed by atoms with Gasteiger partial charge in [-0.25, -0.2) is 4.79 Å². The van der Waals surface area contributed by atoms with Gasteiger partial charge in [0.05, 0.1) is 12.2 Å². The molecular formula is C11H13NO5. The fourth-order valence-electron chi connectivity index (χ4n) is 1.24. The summed E-state index contributed by atoms with van der Waals surface area (Å²) in [4.78, 5) is 22.4. The van der Waals surface area contributed by atoms with Crippen molar-refractivity contribution in [1.29, 1.82) is 0 Å². The van der Waals surface area contributed by atoms with Crippen LogP contribution in [0.2, 0.25) is 0 Å². The third kappa shape index (κ3) is 3.46. The predicted octanol–water partition coefficient (Wildman–Crippen LogP) is 0.222. The Labute approximate surface area is 97.8 Å². The molecule has 1 amide bonds. The van der Waals surface area contributed by atoms with Crippen molar-refractivity contribution in [2.75, 3.05) is 13.7 Å². The predicted molar refractivity (Wildman–Crippen MR) is 58.9 cm³/mol. The molecule has 0 heterocycles. The number of hydrogen-bond donors (Lipinski definition) is 3. The minimum Gasteiger partial charge on any atom is -0.507 e. The molecule has 0 aromatic heterocycles. The first-order chi connectivity index (χ1) is 8.06. The summed E-state index contributed by atoms with van der Waals surface area (Å²) in [6, 6.07) is 4.74. The molecule has 0 aliphatic heterocycles. The molecule has 0 radical (unpaired) electrons. The van der Waals surface area contributed by atoms with Crippen LogP contribution in [0.5, 0.6) is 5.75 Å². The van der Waals surface area contributed by atoms with Gasteiger partial charge in [-0.2, -0.15) is 0 Å². The number of carboxylic acid groups (broad SMARTS) is 1. The molecule has 92 valence electrons. The summed E-state index contributed by atoms with van der Waals surface area (Å²) in [6.07, 6.45) is 0. The summed E-state index contributed by atoms with van der Waals surface area (Å²) in [7, 11) is 1.34. The molecule has 1 aromatic rings. The van der Waals surface area contributed by atoms with Crippen LogP contribution in [-0.4, -0.2) is 41.8 Å². The minimum absolute atomic E-state index is 0.0230. The number of hydrogen-bond acceptors (Lipinski definition) is 4. The van der Waals surface area contributed by atoms with Crippen molar-refractivity contribution in [3.63, 3.8) is 0 Å². The molecule has 0 aliphatic rings. The van der Waals surface area contributed by atoms with E-state index in [9.17, 15) is 14.7 Å². The monoisotopic (exact) mass is 239 g/mol. The van der Waals surface area contributed by atoms with E-state index in [4.69, 9.17) is 5.11 Å². The molecule has 1 atom stereocenters. The lowest BCUT2D eigenvalue weighted by molar-refractivity contribution is -0.140. The van der Waals surface area contributed by atoms with Gasteiger partial charge in [0.25, 0.3) is 5.91 Å². The maximum atomic E-state index is 11.7. The zero-order valence-electron chi connectivity index (χ0n) is 9.21. The Balaban J connectivity index is 2.77. The zero-order valence-corrected chi connectivity index (χ0v) is 9.21. The van der Waals surface area contributed by atoms with Gasteiger partial charge in [0, 0.05) is 7.11 Å². The molecule has 17 heavy (non-hydrogen) atoms. The number of carbonyl (C=O) groups is 2. The maximum absolute atomic E-state index is 11.7. The highest BCUT2D eigenvalue weighted by Gasteiger charge is 2.21. The number of carboxylic acids is 1. The number of carbonyl (C=O) groups excluding carboxylic acids is 1. The summed E-state index contributed by atoms with van der Waals surface area (Å²) in [5.41, 5.74) is 0.0230. The number of nitrogens with one attached hydrogen (secondary N) is 1. The fraction of sp³-hybridized carbons (Fsp3) is 0.273. The number of methoxy groups -OCH3 is 1. The molecule has 1 aromatic carbocycles. The van der Waals surface area contributed by atoms with Crippen molar-refractivity contribution in [3.8, 4) is 5.75 Å². The number of aromatic hydroxyl groups is 1. The van der Waals surface area contributed by atoms with Crippen LogP contribution in [0, 0.1) is 0 Å². The van der Waals surface area contributed by atoms with E-state index in [1.165, 1.54) is 19.2 Å². The second kappa shape index (κ2) is 5.86. The third-order valence-electron chi connectivity index (χ3n) is 2.09. The van der Waals surface area contributed by atoms with E-state index >= 15 is 0 Å². The first kappa shape index (κ1) is 13.0. The maximum Gasteiger partial charge on any atom is 0.328 e. The first-order valence-corrected chi connectivity index (χ1v) is 4.87. The Bertz CT molecular complexity index is 418. The van der Waals surface area contributed by atoms with Crippen LogP contribution in [0.1, 0.15) is 10.4 Å². The van der Waals surface area contributed by atoms with E-state index in [1.54, 1.807) is 12.1 Å². The Hall–Kier alpha value is -2.08. The lowest BCUT2D eigenvalue weighted by Crippen LogP contribution is -2.43. The van der Waals surface area contributed by atoms with Crippen LogP contribution in [-0.2, 0) is 9.53 Å². The van der Waals surface area contributed by atoms with Crippen LogP contribution in [0.15, 0.2) is 24.3 Å². The van der Waals surface area contributed by atoms with Crippen molar-refractivity contribution < 1.29 is 24.5 Å². The van der Waals surface area contributed by atoms with E-state index in [-0.39, 0.29) is 17.9 Å². The summed E-state index contributed by atoms with van der Waals surface area (Å²) in [6.45, 7) is -0.144. The van der Waals surface area contributed by atoms with Crippen LogP contribution in [0.25, 0.3) is 0 Å². The van der Waals surface area contributed by atoms with E-state index in [1.807, 2.05) is 0 Å². The topological polar surface area (TPSA) is 95.9 Å². The largest absolute Gasteiger partial charge is 0.507 e. The van der Waals surface area contributed by atoms with Crippen LogP contribution >= 0.6 is 0 Å². The summed E-state index contributed by atoms with van der Waals surface area (Å²) in [5, 5.41) is 20.5. The van der Waals surface area contributed by atoms with E-state index in [0.717, 1.165) is 0 Å². The average molecular weight is 239 g/mol. The number of phenolic OH excluding ortho intramolecular Hbond substituents is 1. The number of aliphatic carboxylic acids is 1. The van der Waals surface area contributed by atoms with Crippen molar-refractivity contribution >= 4 is 11.9 Å². The Morgan fingerprint density at radius 3 is 2.59 bits per heavy atom. The van der Waals surface area contributed by atoms with Gasteiger partial charge >= 0.3 is 5.97 Å². The van der Waals surface area contributed by atoms with E-state index in [0.29, 0.717) is 0 Å². The van der Waals surface area contributed by atoms with Crippen LogP contribution in [0.4, 0.5) is 0 Å². The Morgan fingerprint density at radius 2 is 2.06 bits per heavy atom. The molecule has 0 aliphatic carbocycles. The molecule has 0 unspecified atom stereocenters. The van der Waals surface area contributed by atoms with Crippen molar-refractivity contribution in [3.05, 3.63) is 29.8 Å². The van der Waals surface area contributed by atoms with Gasteiger partial charge in [0.1, 0.15) is 5.75 Å². The normalized spacial score (nSPS) is 11.8. The second-order valence-corrected chi connectivity index (χ2v) is 3.34. The number of para-hydroxylation sites is 1. The number of ether oxygens (including phenoxy) is 1. The molecule has 0 bridgehead atoms. The van der Waals surface area contributed by atoms with Crippen molar-refractivity contribution in [2.24, 2.45) is 0 Å². The van der Waals surface area contributed by atoms with Gasteiger partial charge in [0.2, 0.25) is 0 Å². The quantitative estimate of drug-likeness (QED) is 0.683. The molecule has 0 spiro atoms. The summed E-state index contributed by atoms with van der Waals surface area (Å²) < 4.78 is 4.67. The molecule has 0 saturated heterocycles. The molecule has 0 saturated carbocycles. The lowest BCUT2D eigenvalue weighted by atomic mass is 10.1. The number of rotatable bonds is 5. The van der Waals surface area contributed by atoms with E-state index < -0.39 is 17.9 Å². The highest BCUT2D eigenvalue weighted by molar-refractivity contribution is 5.98. The highest BCUT2D eigenvalue weighted by atomic mass is 16.5. The van der Waals surface area contributed by atoms with Crippen LogP contribution < -0.4 is 5.32 Å². The van der Waals surface area contributed by atoms with Gasteiger partial charge in [-0.15, -0.1) is 0 Å². The standard InChI is InChI=1S/C11H13NO5/c1-17-6-8(11(15)16)12-10(14)7-4-2-3-5-9(7)13/h2-5,8,13H,6H2,1H3,(H,12,14)(H,15,16)/t8-/m0/s1. The molecule has 1 rings (SSSR count). The van der Waals surface area contributed by atoms with E-state index in [2.05, 4.69) is 10.1 Å². The van der Waals surface area contributed by atoms with Gasteiger partial charge in [-0.05, 0) is 12.1 Å².